The molecule has 4 rings (SSSR count). The molecule has 0 unspecified atom stereocenters. The van der Waals surface area contributed by atoms with Gasteiger partial charge in [0.1, 0.15) is 0 Å². The smallest absolute Gasteiger partial charge is 0.0115 e. The maximum Gasteiger partial charge on any atom is 0.0115 e. The van der Waals surface area contributed by atoms with E-state index in [4.69, 9.17) is 11.5 Å². The monoisotopic (exact) mass is 266 g/mol. The standard InChI is InChI=1S/2C9H11N/c2*10-9-6-8(9)7-4-2-1-3-5-7/h2*1-5,8-9H,6,10H2/t2*8-,9+/m10/s1. The van der Waals surface area contributed by atoms with Gasteiger partial charge in [-0.3, -0.25) is 0 Å². The average Bonchev–Trinajstić information content (AvgIpc) is 3.40. The molecule has 2 nitrogen and oxygen atoms in total. The first-order valence-electron chi connectivity index (χ1n) is 7.37. The minimum absolute atomic E-state index is 0.433. The van der Waals surface area contributed by atoms with Crippen molar-refractivity contribution in [1.29, 1.82) is 0 Å². The lowest BCUT2D eigenvalue weighted by atomic mass is 10.1. The van der Waals surface area contributed by atoms with E-state index in [1.165, 1.54) is 24.0 Å². The zero-order valence-electron chi connectivity index (χ0n) is 11.7. The summed E-state index contributed by atoms with van der Waals surface area (Å²) in [4.78, 5) is 0. The third kappa shape index (κ3) is 3.27. The van der Waals surface area contributed by atoms with E-state index in [9.17, 15) is 0 Å². The highest BCUT2D eigenvalue weighted by Gasteiger charge is 2.34. The van der Waals surface area contributed by atoms with Gasteiger partial charge in [-0.15, -0.1) is 0 Å². The first-order chi connectivity index (χ1) is 9.75. The summed E-state index contributed by atoms with van der Waals surface area (Å²) >= 11 is 0. The van der Waals surface area contributed by atoms with E-state index >= 15 is 0 Å². The molecular formula is C18H22N2. The SMILES string of the molecule is N[C@@H]1C[C@H]1c1ccccc1.N[C@H]1C[C@@H]1c1ccccc1. The lowest BCUT2D eigenvalue weighted by Gasteiger charge is -1.94. The summed E-state index contributed by atoms with van der Waals surface area (Å²) in [5.41, 5.74) is 14.2. The molecular weight excluding hydrogens is 244 g/mol. The number of hydrogen-bond donors (Lipinski definition) is 2. The van der Waals surface area contributed by atoms with E-state index < -0.39 is 0 Å². The lowest BCUT2D eigenvalue weighted by Crippen LogP contribution is -2.00. The van der Waals surface area contributed by atoms with Crippen LogP contribution in [0.25, 0.3) is 0 Å². The minimum Gasteiger partial charge on any atom is -0.327 e. The maximum absolute atomic E-state index is 5.70. The Hall–Kier alpha value is -1.64. The Morgan fingerprint density at radius 2 is 0.900 bits per heavy atom. The first-order valence-corrected chi connectivity index (χ1v) is 7.37. The van der Waals surface area contributed by atoms with E-state index in [-0.39, 0.29) is 0 Å². The van der Waals surface area contributed by atoms with Crippen molar-refractivity contribution in [2.45, 2.75) is 36.8 Å². The predicted molar refractivity (Wildman–Crippen MR) is 83.6 cm³/mol. The molecule has 104 valence electrons. The number of hydrogen-bond acceptors (Lipinski definition) is 2. The van der Waals surface area contributed by atoms with Crippen LogP contribution in [0.4, 0.5) is 0 Å². The van der Waals surface area contributed by atoms with Gasteiger partial charge in [0.25, 0.3) is 0 Å². The Morgan fingerprint density at radius 1 is 0.600 bits per heavy atom. The molecule has 2 aliphatic rings. The highest BCUT2D eigenvalue weighted by molar-refractivity contribution is 5.27. The van der Waals surface area contributed by atoms with E-state index in [1.54, 1.807) is 0 Å². The van der Waals surface area contributed by atoms with Crippen LogP contribution in [0.3, 0.4) is 0 Å². The van der Waals surface area contributed by atoms with Gasteiger partial charge in [-0.05, 0) is 24.0 Å². The normalized spacial score (nSPS) is 30.1. The molecule has 0 radical (unpaired) electrons. The average molecular weight is 266 g/mol. The molecule has 4 N–H and O–H groups in total. The van der Waals surface area contributed by atoms with Crippen LogP contribution in [0, 0.1) is 0 Å². The summed E-state index contributed by atoms with van der Waals surface area (Å²) in [6, 6.07) is 21.8. The molecule has 0 heterocycles. The highest BCUT2D eigenvalue weighted by atomic mass is 14.7. The Labute approximate surface area is 120 Å². The summed E-state index contributed by atoms with van der Waals surface area (Å²) in [5, 5.41) is 0. The summed E-state index contributed by atoms with van der Waals surface area (Å²) in [7, 11) is 0. The molecule has 0 spiro atoms. The van der Waals surface area contributed by atoms with Gasteiger partial charge >= 0.3 is 0 Å². The number of benzene rings is 2. The van der Waals surface area contributed by atoms with Crippen LogP contribution in [0.5, 0.6) is 0 Å². The second-order valence-corrected chi connectivity index (χ2v) is 5.83. The molecule has 2 heteroatoms. The van der Waals surface area contributed by atoms with Crippen molar-refractivity contribution in [3.63, 3.8) is 0 Å². The molecule has 2 aliphatic carbocycles. The second-order valence-electron chi connectivity index (χ2n) is 5.83. The Bertz CT molecular complexity index is 486. The Kier molecular flexibility index (Phi) is 3.86. The van der Waals surface area contributed by atoms with Crippen molar-refractivity contribution >= 4 is 0 Å². The molecule has 20 heavy (non-hydrogen) atoms. The second kappa shape index (κ2) is 5.78. The van der Waals surface area contributed by atoms with Crippen LogP contribution in [0.2, 0.25) is 0 Å². The van der Waals surface area contributed by atoms with Crippen LogP contribution in [-0.2, 0) is 0 Å². The molecule has 0 saturated heterocycles. The fourth-order valence-corrected chi connectivity index (χ4v) is 2.60. The molecule has 0 aliphatic heterocycles. The maximum atomic E-state index is 5.70. The van der Waals surface area contributed by atoms with E-state index in [2.05, 4.69) is 48.5 Å². The fourth-order valence-electron chi connectivity index (χ4n) is 2.60. The van der Waals surface area contributed by atoms with E-state index in [0.717, 1.165) is 0 Å². The van der Waals surface area contributed by atoms with Crippen molar-refractivity contribution in [2.24, 2.45) is 11.5 Å². The van der Waals surface area contributed by atoms with Crippen molar-refractivity contribution in [3.8, 4) is 0 Å². The van der Waals surface area contributed by atoms with Crippen LogP contribution >= 0.6 is 0 Å². The van der Waals surface area contributed by atoms with Crippen molar-refractivity contribution in [1.82, 2.24) is 0 Å². The number of rotatable bonds is 2. The topological polar surface area (TPSA) is 52.0 Å². The molecule has 2 fully saturated rings. The predicted octanol–water partition coefficient (Wildman–Crippen LogP) is 3.00. The Morgan fingerprint density at radius 3 is 1.15 bits per heavy atom. The van der Waals surface area contributed by atoms with Gasteiger partial charge in [-0.25, -0.2) is 0 Å². The zero-order chi connectivity index (χ0) is 13.9. The van der Waals surface area contributed by atoms with Gasteiger partial charge in [0, 0.05) is 23.9 Å². The van der Waals surface area contributed by atoms with Gasteiger partial charge in [-0.1, -0.05) is 60.7 Å². The van der Waals surface area contributed by atoms with Crippen molar-refractivity contribution < 1.29 is 0 Å². The summed E-state index contributed by atoms with van der Waals surface area (Å²) < 4.78 is 0. The third-order valence-corrected chi connectivity index (χ3v) is 4.14. The Balaban J connectivity index is 0.000000121. The molecule has 4 atom stereocenters. The highest BCUT2D eigenvalue weighted by Crippen LogP contribution is 2.39. The molecule has 0 amide bonds. The van der Waals surface area contributed by atoms with E-state index in [1.807, 2.05) is 12.1 Å². The van der Waals surface area contributed by atoms with E-state index in [0.29, 0.717) is 23.9 Å². The largest absolute Gasteiger partial charge is 0.327 e. The zero-order valence-corrected chi connectivity index (χ0v) is 11.7. The lowest BCUT2D eigenvalue weighted by molar-refractivity contribution is 0.990. The van der Waals surface area contributed by atoms with Gasteiger partial charge in [0.05, 0.1) is 0 Å². The molecule has 0 bridgehead atoms. The number of nitrogens with two attached hydrogens (primary N) is 2. The van der Waals surface area contributed by atoms with Gasteiger partial charge in [0.15, 0.2) is 0 Å². The quantitative estimate of drug-likeness (QED) is 0.878. The van der Waals surface area contributed by atoms with Crippen LogP contribution in [0.15, 0.2) is 60.7 Å². The third-order valence-electron chi connectivity index (χ3n) is 4.14. The first kappa shape index (κ1) is 13.3. The minimum atomic E-state index is 0.433. The van der Waals surface area contributed by atoms with Crippen LogP contribution < -0.4 is 11.5 Å². The fraction of sp³-hybridized carbons (Fsp3) is 0.333. The van der Waals surface area contributed by atoms with Gasteiger partial charge < -0.3 is 11.5 Å². The van der Waals surface area contributed by atoms with Gasteiger partial charge in [-0.2, -0.15) is 0 Å². The van der Waals surface area contributed by atoms with Crippen molar-refractivity contribution in [2.75, 3.05) is 0 Å². The molecule has 2 saturated carbocycles. The summed E-state index contributed by atoms with van der Waals surface area (Å²) in [5.74, 6) is 1.31. The van der Waals surface area contributed by atoms with Crippen molar-refractivity contribution in [3.05, 3.63) is 71.8 Å². The van der Waals surface area contributed by atoms with Crippen LogP contribution in [-0.4, -0.2) is 12.1 Å². The van der Waals surface area contributed by atoms with Crippen LogP contribution in [0.1, 0.15) is 35.8 Å². The van der Waals surface area contributed by atoms with Gasteiger partial charge in [0.2, 0.25) is 0 Å². The molecule has 2 aromatic rings. The summed E-state index contributed by atoms with van der Waals surface area (Å²) in [6.07, 6.45) is 2.34. The molecule has 0 aromatic heterocycles. The summed E-state index contributed by atoms with van der Waals surface area (Å²) in [6.45, 7) is 0. The molecule has 2 aromatic carbocycles.